The number of benzene rings is 2. The van der Waals surface area contributed by atoms with Crippen LogP contribution in [-0.2, 0) is 6.42 Å². The zero-order valence-corrected chi connectivity index (χ0v) is 13.4. The van der Waals surface area contributed by atoms with Crippen LogP contribution in [0.3, 0.4) is 0 Å². The van der Waals surface area contributed by atoms with E-state index in [1.807, 2.05) is 24.3 Å². The molecule has 0 aromatic heterocycles. The molecule has 4 heteroatoms. The fourth-order valence-corrected chi connectivity index (χ4v) is 2.50. The maximum atomic E-state index is 13.7. The zero-order chi connectivity index (χ0) is 15.6. The molecule has 0 radical (unpaired) electrons. The predicted octanol–water partition coefficient (Wildman–Crippen LogP) is 5.28. The largest absolute Gasteiger partial charge is 0.294 e. The molecule has 0 aliphatic heterocycles. The molecule has 1 nitrogen and oxygen atoms in total. The van der Waals surface area contributed by atoms with Crippen LogP contribution in [-0.4, -0.2) is 5.78 Å². The lowest BCUT2D eigenvalue weighted by Crippen LogP contribution is -2.09. The van der Waals surface area contributed by atoms with Gasteiger partial charge in [-0.1, -0.05) is 54.0 Å². The number of halogens is 3. The summed E-state index contributed by atoms with van der Waals surface area (Å²) in [5.74, 6) is -1.85. The van der Waals surface area contributed by atoms with E-state index < -0.39 is 23.0 Å². The van der Waals surface area contributed by atoms with Crippen LogP contribution in [0.4, 0.5) is 8.78 Å². The van der Waals surface area contributed by atoms with Crippen molar-refractivity contribution in [3.63, 3.8) is 0 Å². The van der Waals surface area contributed by atoms with Crippen LogP contribution in [0.1, 0.15) is 41.3 Å². The first-order valence-electron chi connectivity index (χ1n) is 6.65. The lowest BCUT2D eigenvalue weighted by Gasteiger charge is -2.08. The molecule has 2 rings (SSSR count). The maximum Gasteiger partial charge on any atom is 0.173 e. The molecule has 0 spiro atoms. The van der Waals surface area contributed by atoms with Gasteiger partial charge in [0, 0.05) is 10.9 Å². The van der Waals surface area contributed by atoms with E-state index >= 15 is 0 Å². The van der Waals surface area contributed by atoms with Gasteiger partial charge in [-0.3, -0.25) is 4.79 Å². The Kier molecular flexibility index (Phi) is 4.88. The van der Waals surface area contributed by atoms with Crippen molar-refractivity contribution in [1.29, 1.82) is 0 Å². The van der Waals surface area contributed by atoms with E-state index in [0.29, 0.717) is 5.92 Å². The number of rotatable bonds is 4. The number of hydrogen-bond donors (Lipinski definition) is 0. The molecule has 0 heterocycles. The highest BCUT2D eigenvalue weighted by molar-refractivity contribution is 9.10. The van der Waals surface area contributed by atoms with Crippen molar-refractivity contribution in [2.45, 2.75) is 26.2 Å². The van der Waals surface area contributed by atoms with Gasteiger partial charge in [0.2, 0.25) is 0 Å². The lowest BCUT2D eigenvalue weighted by atomic mass is 9.98. The Labute approximate surface area is 131 Å². The monoisotopic (exact) mass is 352 g/mol. The van der Waals surface area contributed by atoms with E-state index in [4.69, 9.17) is 0 Å². The van der Waals surface area contributed by atoms with E-state index in [2.05, 4.69) is 29.8 Å². The van der Waals surface area contributed by atoms with Crippen molar-refractivity contribution in [3.8, 4) is 0 Å². The SMILES string of the molecule is CC(C)c1ccc(CC(=O)c2c(F)cc(Br)cc2F)cc1. The molecular formula is C17H15BrF2O. The van der Waals surface area contributed by atoms with Gasteiger partial charge in [-0.2, -0.15) is 0 Å². The summed E-state index contributed by atoms with van der Waals surface area (Å²) in [7, 11) is 0. The lowest BCUT2D eigenvalue weighted by molar-refractivity contribution is 0.0985. The molecule has 0 bridgehead atoms. The summed E-state index contributed by atoms with van der Waals surface area (Å²) in [5.41, 5.74) is 1.42. The van der Waals surface area contributed by atoms with Gasteiger partial charge in [0.05, 0.1) is 5.56 Å². The van der Waals surface area contributed by atoms with Crippen LogP contribution in [0, 0.1) is 11.6 Å². The van der Waals surface area contributed by atoms with Gasteiger partial charge in [0.1, 0.15) is 11.6 Å². The van der Waals surface area contributed by atoms with Crippen molar-refractivity contribution in [1.82, 2.24) is 0 Å². The van der Waals surface area contributed by atoms with Gasteiger partial charge in [0.25, 0.3) is 0 Å². The van der Waals surface area contributed by atoms with Crippen LogP contribution in [0.15, 0.2) is 40.9 Å². The fraction of sp³-hybridized carbons (Fsp3) is 0.235. The second kappa shape index (κ2) is 6.48. The fourth-order valence-electron chi connectivity index (χ4n) is 2.10. The minimum Gasteiger partial charge on any atom is -0.294 e. The molecule has 21 heavy (non-hydrogen) atoms. The molecule has 2 aromatic rings. The molecule has 0 unspecified atom stereocenters. The second-order valence-electron chi connectivity index (χ2n) is 5.24. The van der Waals surface area contributed by atoms with Crippen LogP contribution in [0.5, 0.6) is 0 Å². The normalized spacial score (nSPS) is 11.0. The highest BCUT2D eigenvalue weighted by Crippen LogP contribution is 2.22. The second-order valence-corrected chi connectivity index (χ2v) is 6.16. The Balaban J connectivity index is 2.22. The van der Waals surface area contributed by atoms with Crippen molar-refractivity contribution in [3.05, 3.63) is 69.2 Å². The van der Waals surface area contributed by atoms with E-state index in [1.54, 1.807) is 0 Å². The van der Waals surface area contributed by atoms with Crippen molar-refractivity contribution < 1.29 is 13.6 Å². The van der Waals surface area contributed by atoms with E-state index in [1.165, 1.54) is 0 Å². The Bertz CT molecular complexity index is 640. The molecular weight excluding hydrogens is 338 g/mol. The summed E-state index contributed by atoms with van der Waals surface area (Å²) < 4.78 is 27.8. The van der Waals surface area contributed by atoms with E-state index in [9.17, 15) is 13.6 Å². The number of ketones is 1. The molecule has 0 N–H and O–H groups in total. The van der Waals surface area contributed by atoms with Gasteiger partial charge >= 0.3 is 0 Å². The molecule has 0 aliphatic rings. The first kappa shape index (κ1) is 15.8. The van der Waals surface area contributed by atoms with Gasteiger partial charge in [0.15, 0.2) is 5.78 Å². The number of hydrogen-bond acceptors (Lipinski definition) is 1. The molecule has 0 amide bonds. The van der Waals surface area contributed by atoms with E-state index in [-0.39, 0.29) is 10.9 Å². The summed E-state index contributed by atoms with van der Waals surface area (Å²) in [6.07, 6.45) is -0.0200. The zero-order valence-electron chi connectivity index (χ0n) is 11.8. The van der Waals surface area contributed by atoms with Crippen molar-refractivity contribution in [2.75, 3.05) is 0 Å². The predicted molar refractivity (Wildman–Crippen MR) is 82.6 cm³/mol. The summed E-state index contributed by atoms with van der Waals surface area (Å²) in [6, 6.07) is 9.70. The Morgan fingerprint density at radius 3 is 2.10 bits per heavy atom. The number of carbonyl (C=O) groups is 1. The van der Waals surface area contributed by atoms with Gasteiger partial charge in [-0.15, -0.1) is 0 Å². The summed E-state index contributed by atoms with van der Waals surface area (Å²) in [5, 5.41) is 0. The maximum absolute atomic E-state index is 13.7. The molecule has 0 saturated carbocycles. The first-order chi connectivity index (χ1) is 9.88. The van der Waals surface area contributed by atoms with Gasteiger partial charge < -0.3 is 0 Å². The molecule has 0 aliphatic carbocycles. The highest BCUT2D eigenvalue weighted by Gasteiger charge is 2.18. The third-order valence-corrected chi connectivity index (χ3v) is 3.75. The smallest absolute Gasteiger partial charge is 0.173 e. The first-order valence-corrected chi connectivity index (χ1v) is 7.44. The minimum absolute atomic E-state index is 0.0200. The Morgan fingerprint density at radius 2 is 1.62 bits per heavy atom. The van der Waals surface area contributed by atoms with Gasteiger partial charge in [-0.25, -0.2) is 8.78 Å². The Hall–Kier alpha value is -1.55. The number of carbonyl (C=O) groups excluding carboxylic acids is 1. The number of Topliss-reactive ketones (excluding diaryl/α,β-unsaturated/α-hetero) is 1. The summed E-state index contributed by atoms with van der Waals surface area (Å²) in [6.45, 7) is 4.15. The third-order valence-electron chi connectivity index (χ3n) is 3.30. The minimum atomic E-state index is -0.842. The quantitative estimate of drug-likeness (QED) is 0.684. The average Bonchev–Trinajstić information content (AvgIpc) is 2.37. The van der Waals surface area contributed by atoms with E-state index in [0.717, 1.165) is 23.3 Å². The molecule has 2 aromatic carbocycles. The van der Waals surface area contributed by atoms with Gasteiger partial charge in [-0.05, 0) is 29.2 Å². The molecule has 0 saturated heterocycles. The standard InChI is InChI=1S/C17H15BrF2O/c1-10(2)12-5-3-11(4-6-12)7-16(21)17-14(19)8-13(18)9-15(17)20/h3-6,8-10H,7H2,1-2H3. The molecule has 110 valence electrons. The van der Waals surface area contributed by atoms with Crippen LogP contribution >= 0.6 is 15.9 Å². The highest BCUT2D eigenvalue weighted by atomic mass is 79.9. The molecule has 0 fully saturated rings. The average molecular weight is 353 g/mol. The third kappa shape index (κ3) is 3.76. The van der Waals surface area contributed by atoms with Crippen LogP contribution in [0.25, 0.3) is 0 Å². The molecule has 0 atom stereocenters. The van der Waals surface area contributed by atoms with Crippen LogP contribution in [0.2, 0.25) is 0 Å². The topological polar surface area (TPSA) is 17.1 Å². The summed E-state index contributed by atoms with van der Waals surface area (Å²) >= 11 is 2.99. The van der Waals surface area contributed by atoms with Crippen molar-refractivity contribution >= 4 is 21.7 Å². The van der Waals surface area contributed by atoms with Crippen LogP contribution < -0.4 is 0 Å². The Morgan fingerprint density at radius 1 is 1.10 bits per heavy atom. The summed E-state index contributed by atoms with van der Waals surface area (Å²) in [4.78, 5) is 12.1. The van der Waals surface area contributed by atoms with Crippen molar-refractivity contribution in [2.24, 2.45) is 0 Å².